The Kier molecular flexibility index (Phi) is 4.39. The topological polar surface area (TPSA) is 39.4 Å². The van der Waals surface area contributed by atoms with Gasteiger partial charge in [0.05, 0.1) is 18.3 Å². The molecule has 0 N–H and O–H groups in total. The summed E-state index contributed by atoms with van der Waals surface area (Å²) in [5.41, 5.74) is 4.29. The second-order valence-corrected chi connectivity index (χ2v) is 6.56. The highest BCUT2D eigenvalue weighted by Gasteiger charge is 2.09. The molecule has 2 aromatic carbocycles. The molecule has 0 bridgehead atoms. The Balaban J connectivity index is 1.62. The monoisotopic (exact) mass is 347 g/mol. The van der Waals surface area contributed by atoms with Crippen molar-refractivity contribution in [1.29, 1.82) is 0 Å². The molecule has 4 rings (SSSR count). The Labute approximate surface area is 150 Å². The van der Waals surface area contributed by atoms with Gasteiger partial charge in [0.1, 0.15) is 10.8 Å². The Morgan fingerprint density at radius 2 is 1.92 bits per heavy atom. The number of methoxy groups -OCH3 is 1. The maximum absolute atomic E-state index is 5.29. The molecule has 0 radical (unpaired) electrons. The first-order valence-corrected chi connectivity index (χ1v) is 8.97. The van der Waals surface area contributed by atoms with Crippen molar-refractivity contribution in [3.05, 3.63) is 78.6 Å². The van der Waals surface area contributed by atoms with Crippen LogP contribution in [0.2, 0.25) is 0 Å². The maximum Gasteiger partial charge on any atom is 0.122 e. The van der Waals surface area contributed by atoms with Gasteiger partial charge >= 0.3 is 0 Å². The standard InChI is InChI=1S/C20H17N3OS/c1-24-17-9-5-6-15(12-17)14-25-20-19-13-18(16-7-3-2-4-8-16)22-23(19)11-10-21-20/h2-13H,14H2,1H3. The lowest BCUT2D eigenvalue weighted by atomic mass is 10.1. The second kappa shape index (κ2) is 6.99. The quantitative estimate of drug-likeness (QED) is 0.491. The molecule has 2 aromatic heterocycles. The van der Waals surface area contributed by atoms with Crippen LogP contribution in [0.25, 0.3) is 16.8 Å². The van der Waals surface area contributed by atoms with Crippen LogP contribution >= 0.6 is 11.8 Å². The van der Waals surface area contributed by atoms with E-state index in [0.29, 0.717) is 0 Å². The van der Waals surface area contributed by atoms with Crippen LogP contribution in [0.3, 0.4) is 0 Å². The SMILES string of the molecule is COc1cccc(CSc2nccn3nc(-c4ccccc4)cc23)c1. The molecular weight excluding hydrogens is 330 g/mol. The third kappa shape index (κ3) is 3.37. The first kappa shape index (κ1) is 15.7. The first-order valence-electron chi connectivity index (χ1n) is 7.99. The fourth-order valence-corrected chi connectivity index (χ4v) is 3.59. The summed E-state index contributed by atoms with van der Waals surface area (Å²) in [5, 5.41) is 5.64. The van der Waals surface area contributed by atoms with Crippen LogP contribution in [-0.2, 0) is 5.75 Å². The molecule has 0 saturated heterocycles. The minimum absolute atomic E-state index is 0.829. The number of nitrogens with zero attached hydrogens (tertiary/aromatic N) is 3. The minimum atomic E-state index is 0.829. The summed E-state index contributed by atoms with van der Waals surface area (Å²) >= 11 is 1.70. The Bertz CT molecular complexity index is 998. The fraction of sp³-hybridized carbons (Fsp3) is 0.100. The summed E-state index contributed by atoms with van der Waals surface area (Å²) in [6.45, 7) is 0. The lowest BCUT2D eigenvalue weighted by Crippen LogP contribution is -1.91. The third-order valence-electron chi connectivity index (χ3n) is 3.93. The predicted molar refractivity (Wildman–Crippen MR) is 101 cm³/mol. The van der Waals surface area contributed by atoms with E-state index in [9.17, 15) is 0 Å². The number of benzene rings is 2. The van der Waals surface area contributed by atoms with E-state index >= 15 is 0 Å². The maximum atomic E-state index is 5.29. The van der Waals surface area contributed by atoms with E-state index in [1.807, 2.05) is 41.0 Å². The molecular formula is C20H17N3OS. The van der Waals surface area contributed by atoms with E-state index in [4.69, 9.17) is 4.74 Å². The number of hydrogen-bond acceptors (Lipinski definition) is 4. The van der Waals surface area contributed by atoms with Crippen molar-refractivity contribution in [3.8, 4) is 17.0 Å². The Morgan fingerprint density at radius 3 is 2.76 bits per heavy atom. The molecule has 124 valence electrons. The molecule has 0 amide bonds. The van der Waals surface area contributed by atoms with Gasteiger partial charge in [-0.2, -0.15) is 5.10 Å². The molecule has 0 fully saturated rings. The molecule has 4 nitrogen and oxygen atoms in total. The van der Waals surface area contributed by atoms with Crippen LogP contribution < -0.4 is 4.74 Å². The van der Waals surface area contributed by atoms with Crippen LogP contribution in [0, 0.1) is 0 Å². The predicted octanol–water partition coefficient (Wildman–Crippen LogP) is 4.70. The lowest BCUT2D eigenvalue weighted by Gasteiger charge is -2.05. The molecule has 5 heteroatoms. The molecule has 0 atom stereocenters. The van der Waals surface area contributed by atoms with Crippen LogP contribution in [0.15, 0.2) is 78.1 Å². The van der Waals surface area contributed by atoms with E-state index in [0.717, 1.165) is 33.3 Å². The van der Waals surface area contributed by atoms with E-state index in [1.54, 1.807) is 25.1 Å². The highest BCUT2D eigenvalue weighted by atomic mass is 32.2. The zero-order chi connectivity index (χ0) is 17.1. The first-order chi connectivity index (χ1) is 12.3. The van der Waals surface area contributed by atoms with Crippen molar-refractivity contribution >= 4 is 17.3 Å². The van der Waals surface area contributed by atoms with Crippen LogP contribution in [0.4, 0.5) is 0 Å². The summed E-state index contributed by atoms with van der Waals surface area (Å²) in [7, 11) is 1.69. The second-order valence-electron chi connectivity index (χ2n) is 5.60. The van der Waals surface area contributed by atoms with Crippen molar-refractivity contribution < 1.29 is 4.74 Å². The highest BCUT2D eigenvalue weighted by Crippen LogP contribution is 2.28. The lowest BCUT2D eigenvalue weighted by molar-refractivity contribution is 0.414. The number of hydrogen-bond donors (Lipinski definition) is 0. The van der Waals surface area contributed by atoms with Gasteiger partial charge in [-0.3, -0.25) is 0 Å². The molecule has 0 unspecified atom stereocenters. The molecule has 25 heavy (non-hydrogen) atoms. The summed E-state index contributed by atoms with van der Waals surface area (Å²) < 4.78 is 7.18. The van der Waals surface area contributed by atoms with Crippen molar-refractivity contribution in [1.82, 2.24) is 14.6 Å². The molecule has 0 aliphatic heterocycles. The summed E-state index contributed by atoms with van der Waals surface area (Å²) in [6, 6.07) is 20.4. The normalized spacial score (nSPS) is 10.9. The number of thioether (sulfide) groups is 1. The molecule has 0 spiro atoms. The van der Waals surface area contributed by atoms with Gasteiger partial charge in [-0.1, -0.05) is 54.2 Å². The van der Waals surface area contributed by atoms with Crippen LogP contribution in [0.5, 0.6) is 5.75 Å². The van der Waals surface area contributed by atoms with E-state index in [1.165, 1.54) is 5.56 Å². The molecule has 4 aromatic rings. The average molecular weight is 347 g/mol. The summed E-state index contributed by atoms with van der Waals surface area (Å²) in [4.78, 5) is 4.54. The third-order valence-corrected chi connectivity index (χ3v) is 5.00. The van der Waals surface area contributed by atoms with Crippen LogP contribution in [0.1, 0.15) is 5.56 Å². The van der Waals surface area contributed by atoms with E-state index in [2.05, 4.69) is 40.4 Å². The van der Waals surface area contributed by atoms with E-state index in [-0.39, 0.29) is 0 Å². The van der Waals surface area contributed by atoms with Crippen molar-refractivity contribution in [2.24, 2.45) is 0 Å². The number of ether oxygens (including phenoxy) is 1. The van der Waals surface area contributed by atoms with Crippen LogP contribution in [-0.4, -0.2) is 21.7 Å². The fourth-order valence-electron chi connectivity index (χ4n) is 2.67. The van der Waals surface area contributed by atoms with Crippen molar-refractivity contribution in [2.45, 2.75) is 10.8 Å². The van der Waals surface area contributed by atoms with Gasteiger partial charge in [0, 0.05) is 23.7 Å². The number of rotatable bonds is 5. The molecule has 0 aliphatic carbocycles. The average Bonchev–Trinajstić information content (AvgIpc) is 3.12. The van der Waals surface area contributed by atoms with Gasteiger partial charge in [-0.15, -0.1) is 0 Å². The highest BCUT2D eigenvalue weighted by molar-refractivity contribution is 7.98. The van der Waals surface area contributed by atoms with Gasteiger partial charge in [0.15, 0.2) is 0 Å². The molecule has 0 aliphatic rings. The van der Waals surface area contributed by atoms with Gasteiger partial charge in [0.2, 0.25) is 0 Å². The van der Waals surface area contributed by atoms with Gasteiger partial charge in [-0.05, 0) is 23.8 Å². The summed E-state index contributed by atoms with van der Waals surface area (Å²) in [6.07, 6.45) is 3.68. The molecule has 2 heterocycles. The Morgan fingerprint density at radius 1 is 1.04 bits per heavy atom. The molecule has 0 saturated carbocycles. The van der Waals surface area contributed by atoms with Gasteiger partial charge < -0.3 is 4.74 Å². The largest absolute Gasteiger partial charge is 0.497 e. The zero-order valence-corrected chi connectivity index (χ0v) is 14.6. The van der Waals surface area contributed by atoms with Gasteiger partial charge in [-0.25, -0.2) is 9.50 Å². The number of aromatic nitrogens is 3. The zero-order valence-electron chi connectivity index (χ0n) is 13.8. The number of fused-ring (bicyclic) bond motifs is 1. The minimum Gasteiger partial charge on any atom is -0.497 e. The van der Waals surface area contributed by atoms with Gasteiger partial charge in [0.25, 0.3) is 0 Å². The van der Waals surface area contributed by atoms with Crippen molar-refractivity contribution in [2.75, 3.05) is 7.11 Å². The smallest absolute Gasteiger partial charge is 0.122 e. The summed E-state index contributed by atoms with van der Waals surface area (Å²) in [5.74, 6) is 1.70. The van der Waals surface area contributed by atoms with E-state index < -0.39 is 0 Å². The Hall–Kier alpha value is -2.79. The van der Waals surface area contributed by atoms with Crippen molar-refractivity contribution in [3.63, 3.8) is 0 Å².